The molecule has 0 amide bonds. The Labute approximate surface area is 235 Å². The van der Waals surface area contributed by atoms with E-state index in [0.717, 1.165) is 33.6 Å². The largest absolute Gasteiger partial charge is 0.338 e. The summed E-state index contributed by atoms with van der Waals surface area (Å²) in [7, 11) is -5.14. The van der Waals surface area contributed by atoms with Crippen molar-refractivity contribution in [3.63, 3.8) is 0 Å². The molecule has 5 rings (SSSR count). The number of nitrogens with one attached hydrogen (secondary N) is 4. The van der Waals surface area contributed by atoms with Gasteiger partial charge in [0.1, 0.15) is 11.6 Å². The molecule has 3 aromatic carbocycles. The van der Waals surface area contributed by atoms with E-state index < -0.39 is 19.4 Å². The van der Waals surface area contributed by atoms with Gasteiger partial charge >= 0.3 is 0 Å². The average molecular weight is 573 g/mol. The van der Waals surface area contributed by atoms with Crippen LogP contribution in [0.4, 0.5) is 0 Å². The SMILES string of the molecule is C=S(=O)(NCC)c1cccc(-c2cnc(-c3cccc(-c4ncc(-c5cccc(S(=C)(=O)NCC)c5)[nH]4)c3)[nH]2)c1. The van der Waals surface area contributed by atoms with Crippen molar-refractivity contribution < 1.29 is 8.42 Å². The molecule has 2 heterocycles. The fraction of sp³-hybridized carbons (Fsp3) is 0.133. The second-order valence-corrected chi connectivity index (χ2v) is 13.5. The van der Waals surface area contributed by atoms with Crippen LogP contribution in [-0.2, 0) is 19.4 Å². The van der Waals surface area contributed by atoms with Crippen LogP contribution in [0.5, 0.6) is 0 Å². The van der Waals surface area contributed by atoms with Crippen LogP contribution in [0.3, 0.4) is 0 Å². The summed E-state index contributed by atoms with van der Waals surface area (Å²) in [4.78, 5) is 17.2. The van der Waals surface area contributed by atoms with Gasteiger partial charge in [0, 0.05) is 45.1 Å². The monoisotopic (exact) mass is 572 g/mol. The number of aromatic amines is 2. The Hall–Kier alpha value is -3.96. The summed E-state index contributed by atoms with van der Waals surface area (Å²) in [5.41, 5.74) is 5.18. The molecule has 0 aliphatic carbocycles. The molecule has 40 heavy (non-hydrogen) atoms. The fourth-order valence-electron chi connectivity index (χ4n) is 4.41. The van der Waals surface area contributed by atoms with Crippen molar-refractivity contribution in [2.24, 2.45) is 0 Å². The minimum Gasteiger partial charge on any atom is -0.338 e. The summed E-state index contributed by atoms with van der Waals surface area (Å²) in [6, 6.07) is 22.9. The highest BCUT2D eigenvalue weighted by molar-refractivity contribution is 7.98. The number of H-pyrrole nitrogens is 2. The summed E-state index contributed by atoms with van der Waals surface area (Å²) < 4.78 is 31.7. The summed E-state index contributed by atoms with van der Waals surface area (Å²) in [5, 5.41) is 0. The van der Waals surface area contributed by atoms with E-state index in [2.05, 4.69) is 41.1 Å². The molecule has 0 aliphatic heterocycles. The summed E-state index contributed by atoms with van der Waals surface area (Å²) in [5.74, 6) is 9.14. The lowest BCUT2D eigenvalue weighted by Crippen LogP contribution is -2.22. The van der Waals surface area contributed by atoms with Crippen LogP contribution in [0, 0.1) is 0 Å². The van der Waals surface area contributed by atoms with E-state index in [0.29, 0.717) is 34.5 Å². The van der Waals surface area contributed by atoms with Gasteiger partial charge in [-0.3, -0.25) is 0 Å². The second-order valence-electron chi connectivity index (χ2n) is 9.27. The third kappa shape index (κ3) is 5.80. The van der Waals surface area contributed by atoms with Gasteiger partial charge in [-0.2, -0.15) is 0 Å². The van der Waals surface area contributed by atoms with E-state index in [9.17, 15) is 8.42 Å². The van der Waals surface area contributed by atoms with Gasteiger partial charge in [0.2, 0.25) is 0 Å². The summed E-state index contributed by atoms with van der Waals surface area (Å²) in [6.45, 7) is 4.93. The van der Waals surface area contributed by atoms with Gasteiger partial charge in [-0.1, -0.05) is 56.3 Å². The van der Waals surface area contributed by atoms with Gasteiger partial charge in [0.25, 0.3) is 0 Å². The maximum Gasteiger partial charge on any atom is 0.137 e. The van der Waals surface area contributed by atoms with Crippen LogP contribution in [0.25, 0.3) is 45.3 Å². The molecule has 0 spiro atoms. The van der Waals surface area contributed by atoms with E-state index >= 15 is 0 Å². The van der Waals surface area contributed by atoms with E-state index in [-0.39, 0.29) is 0 Å². The number of hydrogen-bond acceptors (Lipinski definition) is 4. The van der Waals surface area contributed by atoms with Crippen molar-refractivity contribution in [2.75, 3.05) is 13.1 Å². The number of nitrogens with zero attached hydrogens (tertiary/aromatic N) is 2. The zero-order chi connectivity index (χ0) is 28.3. The molecule has 2 unspecified atom stereocenters. The molecule has 0 saturated carbocycles. The lowest BCUT2D eigenvalue weighted by molar-refractivity contribution is 0.671. The molecule has 0 aliphatic rings. The van der Waals surface area contributed by atoms with Crippen LogP contribution < -0.4 is 9.44 Å². The lowest BCUT2D eigenvalue weighted by atomic mass is 10.1. The minimum atomic E-state index is -2.57. The molecule has 2 aromatic heterocycles. The normalized spacial score (nSPS) is 14.4. The molecule has 5 aromatic rings. The molecule has 10 heteroatoms. The molecule has 0 fully saturated rings. The van der Waals surface area contributed by atoms with Gasteiger partial charge in [0.15, 0.2) is 0 Å². The summed E-state index contributed by atoms with van der Waals surface area (Å²) in [6.07, 6.45) is 3.54. The number of imidazole rings is 2. The Balaban J connectivity index is 1.41. The molecule has 206 valence electrons. The second kappa shape index (κ2) is 11.3. The molecule has 2 atom stereocenters. The van der Waals surface area contributed by atoms with Gasteiger partial charge in [0.05, 0.1) is 43.2 Å². The maximum atomic E-state index is 12.9. The van der Waals surface area contributed by atoms with Crippen molar-refractivity contribution in [3.05, 3.63) is 85.2 Å². The first kappa shape index (κ1) is 27.6. The third-order valence-corrected chi connectivity index (χ3v) is 9.91. The van der Waals surface area contributed by atoms with E-state index in [1.807, 2.05) is 86.6 Å². The summed E-state index contributed by atoms with van der Waals surface area (Å²) >= 11 is 0. The Bertz CT molecular complexity index is 1740. The first-order chi connectivity index (χ1) is 19.2. The predicted octanol–water partition coefficient (Wildman–Crippen LogP) is 5.00. The predicted molar refractivity (Wildman–Crippen MR) is 167 cm³/mol. The highest BCUT2D eigenvalue weighted by Crippen LogP contribution is 2.28. The van der Waals surface area contributed by atoms with Crippen molar-refractivity contribution >= 4 is 31.2 Å². The Morgan fingerprint density at radius 2 is 1.05 bits per heavy atom. The Kier molecular flexibility index (Phi) is 7.77. The molecule has 8 nitrogen and oxygen atoms in total. The van der Waals surface area contributed by atoms with E-state index in [1.165, 1.54) is 0 Å². The highest BCUT2D eigenvalue weighted by Gasteiger charge is 2.13. The number of hydrogen-bond donors (Lipinski definition) is 4. The average Bonchev–Trinajstić information content (AvgIpc) is 3.64. The highest BCUT2D eigenvalue weighted by atomic mass is 32.2. The maximum absolute atomic E-state index is 12.9. The van der Waals surface area contributed by atoms with Crippen LogP contribution in [0.15, 0.2) is 95.0 Å². The van der Waals surface area contributed by atoms with Crippen molar-refractivity contribution in [3.8, 4) is 45.3 Å². The van der Waals surface area contributed by atoms with Gasteiger partial charge < -0.3 is 9.97 Å². The van der Waals surface area contributed by atoms with Crippen molar-refractivity contribution in [1.29, 1.82) is 0 Å². The first-order valence-corrected chi connectivity index (χ1v) is 16.3. The van der Waals surface area contributed by atoms with E-state index in [1.54, 1.807) is 12.4 Å². The zero-order valence-corrected chi connectivity index (χ0v) is 24.1. The van der Waals surface area contributed by atoms with Gasteiger partial charge in [-0.15, -0.1) is 0 Å². The molecular weight excluding hydrogens is 541 g/mol. The number of rotatable bonds is 10. The number of aromatic nitrogens is 4. The standard InChI is InChI=1S/C30H32N6O2S2/c1-5-33-39(3,37)25-14-8-10-21(17-25)27-19-31-29(35-27)23-12-7-13-24(16-23)30-32-20-28(36-30)22-11-9-15-26(18-22)40(4,38)34-6-2/h7-20H,3-6H2,1-2H3,(H,31,35)(H,32,36)(H,33,37)(H,34,38). The topological polar surface area (TPSA) is 116 Å². The molecule has 4 N–H and O–H groups in total. The minimum absolute atomic E-state index is 0.565. The van der Waals surface area contributed by atoms with Gasteiger partial charge in [-0.05, 0) is 42.1 Å². The first-order valence-electron chi connectivity index (χ1n) is 12.9. The van der Waals surface area contributed by atoms with E-state index in [4.69, 9.17) is 0 Å². The van der Waals surface area contributed by atoms with Crippen LogP contribution in [0.2, 0.25) is 0 Å². The molecule has 0 saturated heterocycles. The van der Waals surface area contributed by atoms with Crippen molar-refractivity contribution in [1.82, 2.24) is 29.4 Å². The Morgan fingerprint density at radius 1 is 0.650 bits per heavy atom. The van der Waals surface area contributed by atoms with Crippen molar-refractivity contribution in [2.45, 2.75) is 23.6 Å². The third-order valence-electron chi connectivity index (χ3n) is 6.37. The fourth-order valence-corrected chi connectivity index (χ4v) is 6.91. The number of benzene rings is 3. The lowest BCUT2D eigenvalue weighted by Gasteiger charge is -2.10. The van der Waals surface area contributed by atoms with Gasteiger partial charge in [-0.25, -0.2) is 27.8 Å². The zero-order valence-electron chi connectivity index (χ0n) is 22.4. The Morgan fingerprint density at radius 3 is 1.48 bits per heavy atom. The van der Waals surface area contributed by atoms with Crippen LogP contribution in [-0.4, -0.2) is 53.2 Å². The molecule has 0 bridgehead atoms. The molecule has 0 radical (unpaired) electrons. The smallest absolute Gasteiger partial charge is 0.137 e. The van der Waals surface area contributed by atoms with Crippen LogP contribution in [0.1, 0.15) is 13.8 Å². The van der Waals surface area contributed by atoms with Crippen LogP contribution >= 0.6 is 0 Å². The molecular formula is C30H32N6O2S2. The quantitative estimate of drug-likeness (QED) is 0.176.